The number of rotatable bonds is 2. The molecule has 0 aromatic heterocycles. The van der Waals surface area contributed by atoms with Crippen molar-refractivity contribution in [3.8, 4) is 0 Å². The molecule has 0 aliphatic heterocycles. The summed E-state index contributed by atoms with van der Waals surface area (Å²) in [5.41, 5.74) is 8.20. The van der Waals surface area contributed by atoms with Gasteiger partial charge in [-0.05, 0) is 24.6 Å². The van der Waals surface area contributed by atoms with Crippen molar-refractivity contribution in [2.24, 2.45) is 10.8 Å². The molecule has 3 N–H and O–H groups in total. The molecule has 0 aliphatic rings. The number of carbonyl (C=O) groups excluding carboxylic acids is 1. The minimum absolute atomic E-state index is 0.315. The molecule has 0 atom stereocenters. The number of benzene rings is 1. The van der Waals surface area contributed by atoms with Crippen molar-refractivity contribution >= 4 is 11.7 Å². The summed E-state index contributed by atoms with van der Waals surface area (Å²) in [5, 5.41) is 3.69. The maximum Gasteiger partial charge on any atom is 0.332 e. The Balaban J connectivity index is 2.78. The molecule has 5 heteroatoms. The average Bonchev–Trinajstić information content (AvgIpc) is 2.15. The Hall–Kier alpha value is -1.91. The van der Waals surface area contributed by atoms with Gasteiger partial charge in [0.15, 0.2) is 0 Å². The number of primary amides is 1. The number of nitrogens with two attached hydrogens (primary N) is 1. The van der Waals surface area contributed by atoms with Crippen molar-refractivity contribution in [1.29, 1.82) is 0 Å². The van der Waals surface area contributed by atoms with Crippen LogP contribution in [0.1, 0.15) is 12.5 Å². The van der Waals surface area contributed by atoms with Gasteiger partial charge in [0.05, 0.1) is 5.71 Å². The molecule has 0 saturated heterocycles. The molecule has 0 heterocycles. The number of carbonyl (C=O) groups is 1. The maximum atomic E-state index is 12.5. The number of nitrogens with zero attached hydrogens (tertiary/aromatic N) is 1. The quantitative estimate of drug-likeness (QED) is 0.540. The van der Waals surface area contributed by atoms with E-state index in [0.29, 0.717) is 5.71 Å². The molecule has 74 valence electrons. The van der Waals surface area contributed by atoms with Crippen molar-refractivity contribution in [3.63, 3.8) is 0 Å². The minimum Gasteiger partial charge on any atom is -0.350 e. The predicted octanol–water partition coefficient (Wildman–Crippen LogP) is 1.22. The van der Waals surface area contributed by atoms with Crippen LogP contribution in [0.4, 0.5) is 9.18 Å². The molecule has 0 fully saturated rings. The van der Waals surface area contributed by atoms with E-state index < -0.39 is 6.03 Å². The third-order valence-electron chi connectivity index (χ3n) is 1.60. The summed E-state index contributed by atoms with van der Waals surface area (Å²) in [7, 11) is 0. The van der Waals surface area contributed by atoms with Gasteiger partial charge in [-0.1, -0.05) is 12.1 Å². The zero-order valence-electron chi connectivity index (χ0n) is 7.62. The molecule has 0 bridgehead atoms. The molecule has 14 heavy (non-hydrogen) atoms. The van der Waals surface area contributed by atoms with E-state index in [0.717, 1.165) is 5.56 Å². The molecule has 2 amide bonds. The zero-order chi connectivity index (χ0) is 10.6. The summed E-state index contributed by atoms with van der Waals surface area (Å²) >= 11 is 0. The molecular weight excluding hydrogens is 185 g/mol. The predicted molar refractivity (Wildman–Crippen MR) is 51.3 cm³/mol. The van der Waals surface area contributed by atoms with Crippen LogP contribution in [0.25, 0.3) is 0 Å². The normalized spacial score (nSPS) is 11.1. The number of hydrogen-bond donors (Lipinski definition) is 2. The van der Waals surface area contributed by atoms with Crippen LogP contribution in [0.5, 0.6) is 0 Å². The number of amides is 2. The van der Waals surface area contributed by atoms with E-state index in [1.54, 1.807) is 19.1 Å². The van der Waals surface area contributed by atoms with E-state index in [1.807, 2.05) is 0 Å². The molecule has 0 spiro atoms. The lowest BCUT2D eigenvalue weighted by atomic mass is 10.1. The summed E-state index contributed by atoms with van der Waals surface area (Å²) < 4.78 is 12.5. The smallest absolute Gasteiger partial charge is 0.332 e. The van der Waals surface area contributed by atoms with Crippen molar-refractivity contribution in [2.45, 2.75) is 6.92 Å². The number of urea groups is 1. The molecule has 0 saturated carbocycles. The second-order valence-electron chi connectivity index (χ2n) is 2.68. The third kappa shape index (κ3) is 2.85. The van der Waals surface area contributed by atoms with Crippen LogP contribution in [0.2, 0.25) is 0 Å². The first-order valence-electron chi connectivity index (χ1n) is 3.95. The average molecular weight is 195 g/mol. The Morgan fingerprint density at radius 3 is 2.50 bits per heavy atom. The SMILES string of the molecule is C/C(=N/NC(N)=O)c1ccc(F)cc1. The molecule has 1 rings (SSSR count). The van der Waals surface area contributed by atoms with Gasteiger partial charge in [-0.3, -0.25) is 0 Å². The van der Waals surface area contributed by atoms with E-state index in [2.05, 4.69) is 10.5 Å². The highest BCUT2D eigenvalue weighted by atomic mass is 19.1. The summed E-state index contributed by atoms with van der Waals surface area (Å²) in [6.07, 6.45) is 0. The van der Waals surface area contributed by atoms with Gasteiger partial charge in [0.2, 0.25) is 0 Å². The Bertz CT molecular complexity index is 359. The van der Waals surface area contributed by atoms with Crippen molar-refractivity contribution in [3.05, 3.63) is 35.6 Å². The van der Waals surface area contributed by atoms with Gasteiger partial charge in [-0.15, -0.1) is 0 Å². The van der Waals surface area contributed by atoms with Crippen molar-refractivity contribution < 1.29 is 9.18 Å². The summed E-state index contributed by atoms with van der Waals surface area (Å²) in [6, 6.07) is 5.04. The molecular formula is C9H10FN3O. The molecule has 0 aliphatic carbocycles. The lowest BCUT2D eigenvalue weighted by Crippen LogP contribution is -2.25. The first kappa shape index (κ1) is 10.2. The lowest BCUT2D eigenvalue weighted by Gasteiger charge is -2.00. The minimum atomic E-state index is -0.730. The van der Waals surface area contributed by atoms with E-state index in [9.17, 15) is 9.18 Å². The zero-order valence-corrected chi connectivity index (χ0v) is 7.62. The summed E-state index contributed by atoms with van der Waals surface area (Å²) in [4.78, 5) is 10.3. The summed E-state index contributed by atoms with van der Waals surface area (Å²) in [5.74, 6) is -0.315. The van der Waals surface area contributed by atoms with Gasteiger partial charge in [-0.2, -0.15) is 5.10 Å². The Morgan fingerprint density at radius 2 is 2.00 bits per heavy atom. The second kappa shape index (κ2) is 4.36. The fraction of sp³-hybridized carbons (Fsp3) is 0.111. The maximum absolute atomic E-state index is 12.5. The molecule has 1 aromatic rings. The van der Waals surface area contributed by atoms with Crippen molar-refractivity contribution in [1.82, 2.24) is 5.43 Å². The van der Waals surface area contributed by atoms with Gasteiger partial charge in [0.1, 0.15) is 5.82 Å². The number of hydrazone groups is 1. The van der Waals surface area contributed by atoms with Crippen molar-refractivity contribution in [2.75, 3.05) is 0 Å². The van der Waals surface area contributed by atoms with Crippen LogP contribution >= 0.6 is 0 Å². The molecule has 0 unspecified atom stereocenters. The van der Waals surface area contributed by atoms with Crippen LogP contribution in [-0.4, -0.2) is 11.7 Å². The van der Waals surface area contributed by atoms with Crippen LogP contribution in [0.15, 0.2) is 29.4 Å². The second-order valence-corrected chi connectivity index (χ2v) is 2.68. The van der Waals surface area contributed by atoms with Gasteiger partial charge >= 0.3 is 6.03 Å². The fourth-order valence-corrected chi connectivity index (χ4v) is 0.895. The standard InChI is InChI=1S/C9H10FN3O/c1-6(12-13-9(11)14)7-2-4-8(10)5-3-7/h2-5H,1H3,(H3,11,13,14)/b12-6-. The van der Waals surface area contributed by atoms with Crippen LogP contribution < -0.4 is 11.2 Å². The Morgan fingerprint density at radius 1 is 1.43 bits per heavy atom. The fourth-order valence-electron chi connectivity index (χ4n) is 0.895. The van der Waals surface area contributed by atoms with Crippen LogP contribution in [0.3, 0.4) is 0 Å². The van der Waals surface area contributed by atoms with E-state index in [1.165, 1.54) is 12.1 Å². The topological polar surface area (TPSA) is 67.5 Å². The van der Waals surface area contributed by atoms with Gasteiger partial charge in [0.25, 0.3) is 0 Å². The van der Waals surface area contributed by atoms with Gasteiger partial charge < -0.3 is 5.73 Å². The number of nitrogens with one attached hydrogen (secondary N) is 1. The third-order valence-corrected chi connectivity index (χ3v) is 1.60. The molecule has 1 aromatic carbocycles. The Labute approximate surface area is 80.6 Å². The van der Waals surface area contributed by atoms with Gasteiger partial charge in [-0.25, -0.2) is 14.6 Å². The highest BCUT2D eigenvalue weighted by Gasteiger charge is 1.97. The van der Waals surface area contributed by atoms with Crippen LogP contribution in [0, 0.1) is 5.82 Å². The molecule has 4 nitrogen and oxygen atoms in total. The first-order valence-corrected chi connectivity index (χ1v) is 3.95. The van der Waals surface area contributed by atoms with Gasteiger partial charge in [0, 0.05) is 0 Å². The number of halogens is 1. The van der Waals surface area contributed by atoms with Crippen LogP contribution in [-0.2, 0) is 0 Å². The van der Waals surface area contributed by atoms with E-state index >= 15 is 0 Å². The Kier molecular flexibility index (Phi) is 3.17. The number of hydrogen-bond acceptors (Lipinski definition) is 2. The summed E-state index contributed by atoms with van der Waals surface area (Å²) in [6.45, 7) is 1.68. The molecule has 0 radical (unpaired) electrons. The van der Waals surface area contributed by atoms with E-state index in [-0.39, 0.29) is 5.82 Å². The largest absolute Gasteiger partial charge is 0.350 e. The lowest BCUT2D eigenvalue weighted by molar-refractivity contribution is 0.249. The highest BCUT2D eigenvalue weighted by Crippen LogP contribution is 2.03. The monoisotopic (exact) mass is 195 g/mol. The first-order chi connectivity index (χ1) is 6.59. The highest BCUT2D eigenvalue weighted by molar-refractivity contribution is 5.99. The van der Waals surface area contributed by atoms with E-state index in [4.69, 9.17) is 5.73 Å².